The van der Waals surface area contributed by atoms with Crippen LogP contribution in [0.15, 0.2) is 36.4 Å². The normalized spacial score (nSPS) is 10.4. The molecule has 0 aliphatic heterocycles. The van der Waals surface area contributed by atoms with Crippen molar-refractivity contribution >= 4 is 5.69 Å². The third-order valence-corrected chi connectivity index (χ3v) is 3.83. The van der Waals surface area contributed by atoms with Crippen LogP contribution >= 0.6 is 0 Å². The summed E-state index contributed by atoms with van der Waals surface area (Å²) in [6.07, 6.45) is 1.85. The quantitative estimate of drug-likeness (QED) is 0.588. The van der Waals surface area contributed by atoms with Crippen LogP contribution in [0.5, 0.6) is 17.2 Å². The molecule has 4 nitrogen and oxygen atoms in total. The van der Waals surface area contributed by atoms with Gasteiger partial charge in [-0.2, -0.15) is 0 Å². The first-order valence-corrected chi connectivity index (χ1v) is 7.87. The molecule has 0 unspecified atom stereocenters. The van der Waals surface area contributed by atoms with Gasteiger partial charge in [-0.25, -0.2) is 0 Å². The fourth-order valence-electron chi connectivity index (χ4n) is 2.23. The van der Waals surface area contributed by atoms with E-state index in [0.717, 1.165) is 24.3 Å². The summed E-state index contributed by atoms with van der Waals surface area (Å²) >= 11 is 0. The van der Waals surface area contributed by atoms with E-state index in [9.17, 15) is 0 Å². The summed E-state index contributed by atoms with van der Waals surface area (Å²) in [5.41, 5.74) is 8.96. The summed E-state index contributed by atoms with van der Waals surface area (Å²) in [5, 5.41) is 0. The van der Waals surface area contributed by atoms with E-state index >= 15 is 0 Å². The van der Waals surface area contributed by atoms with E-state index in [-0.39, 0.29) is 0 Å². The van der Waals surface area contributed by atoms with Gasteiger partial charge in [-0.1, -0.05) is 12.1 Å². The Kier molecular flexibility index (Phi) is 6.15. The third kappa shape index (κ3) is 4.81. The van der Waals surface area contributed by atoms with Crippen LogP contribution in [0.2, 0.25) is 0 Å². The lowest BCUT2D eigenvalue weighted by Gasteiger charge is -2.12. The Morgan fingerprint density at radius 3 is 2.26 bits per heavy atom. The molecule has 2 N–H and O–H groups in total. The van der Waals surface area contributed by atoms with E-state index in [1.807, 2.05) is 24.3 Å². The number of hydrogen-bond donors (Lipinski definition) is 1. The largest absolute Gasteiger partial charge is 0.497 e. The molecule has 4 heteroatoms. The Bertz CT molecular complexity index is 641. The molecule has 0 heterocycles. The Hall–Kier alpha value is -2.36. The van der Waals surface area contributed by atoms with E-state index in [1.54, 1.807) is 13.2 Å². The zero-order valence-electron chi connectivity index (χ0n) is 14.1. The van der Waals surface area contributed by atoms with Crippen molar-refractivity contribution in [3.63, 3.8) is 0 Å². The van der Waals surface area contributed by atoms with Gasteiger partial charge in [0.25, 0.3) is 0 Å². The molecule has 2 aromatic carbocycles. The van der Waals surface area contributed by atoms with Gasteiger partial charge in [-0.15, -0.1) is 0 Å². The molecule has 0 atom stereocenters. The van der Waals surface area contributed by atoms with Crippen LogP contribution in [-0.4, -0.2) is 20.3 Å². The second-order valence-corrected chi connectivity index (χ2v) is 5.51. The first-order valence-electron chi connectivity index (χ1n) is 7.87. The molecule has 0 fully saturated rings. The minimum absolute atomic E-state index is 0.594. The minimum atomic E-state index is 0.594. The summed E-state index contributed by atoms with van der Waals surface area (Å²) in [4.78, 5) is 0. The van der Waals surface area contributed by atoms with Crippen molar-refractivity contribution < 1.29 is 14.2 Å². The lowest BCUT2D eigenvalue weighted by atomic mass is 10.1. The molecule has 0 aliphatic carbocycles. The topological polar surface area (TPSA) is 53.7 Å². The first-order chi connectivity index (χ1) is 11.1. The molecular weight excluding hydrogens is 290 g/mol. The number of ether oxygens (including phenoxy) is 3. The molecule has 2 aromatic rings. The van der Waals surface area contributed by atoms with Gasteiger partial charge in [0.1, 0.15) is 17.2 Å². The maximum absolute atomic E-state index is 5.91. The third-order valence-electron chi connectivity index (χ3n) is 3.83. The highest BCUT2D eigenvalue weighted by atomic mass is 16.5. The van der Waals surface area contributed by atoms with Crippen LogP contribution in [0, 0.1) is 13.8 Å². The summed E-state index contributed by atoms with van der Waals surface area (Å²) in [6, 6.07) is 11.6. The SMILES string of the molecule is COc1ccc(OCCCCOc2cccc(C)c2C)c(N)c1. The molecule has 124 valence electrons. The molecule has 0 spiro atoms. The molecule has 0 saturated carbocycles. The lowest BCUT2D eigenvalue weighted by molar-refractivity contribution is 0.266. The summed E-state index contributed by atoms with van der Waals surface area (Å²) in [6.45, 7) is 5.48. The van der Waals surface area contributed by atoms with E-state index in [1.165, 1.54) is 11.1 Å². The molecule has 2 rings (SSSR count). The van der Waals surface area contributed by atoms with Crippen molar-refractivity contribution in [2.75, 3.05) is 26.1 Å². The van der Waals surface area contributed by atoms with Crippen molar-refractivity contribution in [2.45, 2.75) is 26.7 Å². The van der Waals surface area contributed by atoms with E-state index in [0.29, 0.717) is 24.7 Å². The molecular formula is C19H25NO3. The maximum Gasteiger partial charge on any atom is 0.142 e. The van der Waals surface area contributed by atoms with Crippen LogP contribution in [0.25, 0.3) is 0 Å². The Labute approximate surface area is 138 Å². The number of anilines is 1. The van der Waals surface area contributed by atoms with Crippen molar-refractivity contribution in [3.8, 4) is 17.2 Å². The summed E-state index contributed by atoms with van der Waals surface area (Å²) in [5.74, 6) is 2.39. The smallest absolute Gasteiger partial charge is 0.142 e. The highest BCUT2D eigenvalue weighted by molar-refractivity contribution is 5.56. The van der Waals surface area contributed by atoms with E-state index < -0.39 is 0 Å². The van der Waals surface area contributed by atoms with Gasteiger partial charge in [0, 0.05) is 6.07 Å². The fraction of sp³-hybridized carbons (Fsp3) is 0.368. The molecule has 0 amide bonds. The van der Waals surface area contributed by atoms with Crippen LogP contribution in [0.3, 0.4) is 0 Å². The Morgan fingerprint density at radius 2 is 1.61 bits per heavy atom. The predicted octanol–water partition coefficient (Wildman–Crippen LogP) is 4.13. The molecule has 23 heavy (non-hydrogen) atoms. The van der Waals surface area contributed by atoms with Crippen LogP contribution in [0.4, 0.5) is 5.69 Å². The number of rotatable bonds is 8. The minimum Gasteiger partial charge on any atom is -0.497 e. The zero-order valence-corrected chi connectivity index (χ0v) is 14.1. The van der Waals surface area contributed by atoms with Crippen LogP contribution in [0.1, 0.15) is 24.0 Å². The Morgan fingerprint density at radius 1 is 0.913 bits per heavy atom. The highest BCUT2D eigenvalue weighted by Crippen LogP contribution is 2.26. The summed E-state index contributed by atoms with van der Waals surface area (Å²) < 4.78 is 16.6. The second-order valence-electron chi connectivity index (χ2n) is 5.51. The van der Waals surface area contributed by atoms with Gasteiger partial charge < -0.3 is 19.9 Å². The molecule has 0 saturated heterocycles. The van der Waals surface area contributed by atoms with Crippen LogP contribution in [-0.2, 0) is 0 Å². The average Bonchev–Trinajstić information content (AvgIpc) is 2.55. The zero-order chi connectivity index (χ0) is 16.7. The van der Waals surface area contributed by atoms with Crippen molar-refractivity contribution in [2.24, 2.45) is 0 Å². The standard InChI is InChI=1S/C19H25NO3/c1-14-7-6-8-18(15(14)2)22-11-4-5-12-23-19-10-9-16(21-3)13-17(19)20/h6-10,13H,4-5,11-12,20H2,1-3H3. The molecule has 0 radical (unpaired) electrons. The van der Waals surface area contributed by atoms with Gasteiger partial charge in [0.2, 0.25) is 0 Å². The van der Waals surface area contributed by atoms with Crippen LogP contribution < -0.4 is 19.9 Å². The van der Waals surface area contributed by atoms with Gasteiger partial charge in [0.15, 0.2) is 0 Å². The number of hydrogen-bond acceptors (Lipinski definition) is 4. The van der Waals surface area contributed by atoms with Gasteiger partial charge in [-0.3, -0.25) is 0 Å². The van der Waals surface area contributed by atoms with Crippen molar-refractivity contribution in [1.29, 1.82) is 0 Å². The molecule has 0 aliphatic rings. The number of benzene rings is 2. The lowest BCUT2D eigenvalue weighted by Crippen LogP contribution is -2.04. The summed E-state index contributed by atoms with van der Waals surface area (Å²) in [7, 11) is 1.62. The number of nitrogen functional groups attached to an aromatic ring is 1. The van der Waals surface area contributed by atoms with E-state index in [2.05, 4.69) is 19.9 Å². The maximum atomic E-state index is 5.91. The monoisotopic (exact) mass is 315 g/mol. The fourth-order valence-corrected chi connectivity index (χ4v) is 2.23. The second kappa shape index (κ2) is 8.32. The highest BCUT2D eigenvalue weighted by Gasteiger charge is 2.03. The van der Waals surface area contributed by atoms with Gasteiger partial charge >= 0.3 is 0 Å². The number of aryl methyl sites for hydroxylation is 1. The van der Waals surface area contributed by atoms with Gasteiger partial charge in [0.05, 0.1) is 26.0 Å². The number of methoxy groups -OCH3 is 1. The number of unbranched alkanes of at least 4 members (excludes halogenated alkanes) is 1. The van der Waals surface area contributed by atoms with Crippen molar-refractivity contribution in [1.82, 2.24) is 0 Å². The first kappa shape index (κ1) is 17.0. The predicted molar refractivity (Wildman–Crippen MR) is 93.5 cm³/mol. The molecule has 0 aromatic heterocycles. The van der Waals surface area contributed by atoms with Gasteiger partial charge in [-0.05, 0) is 56.0 Å². The Balaban J connectivity index is 1.69. The number of nitrogens with two attached hydrogens (primary N) is 1. The van der Waals surface area contributed by atoms with E-state index in [4.69, 9.17) is 19.9 Å². The average molecular weight is 315 g/mol. The van der Waals surface area contributed by atoms with Crippen molar-refractivity contribution in [3.05, 3.63) is 47.5 Å². The molecule has 0 bridgehead atoms.